The van der Waals surface area contributed by atoms with Gasteiger partial charge < -0.3 is 14.4 Å². The van der Waals surface area contributed by atoms with Crippen molar-refractivity contribution >= 4 is 21.6 Å². The molecule has 1 amide bonds. The maximum Gasteiger partial charge on any atom is 0.271 e. The van der Waals surface area contributed by atoms with Crippen LogP contribution in [0.4, 0.5) is 5.69 Å². The summed E-state index contributed by atoms with van der Waals surface area (Å²) in [5.41, 5.74) is 1.82. The van der Waals surface area contributed by atoms with Crippen molar-refractivity contribution in [2.45, 2.75) is 18.7 Å². The molecule has 0 atom stereocenters. The molecule has 0 N–H and O–H groups in total. The predicted molar refractivity (Wildman–Crippen MR) is 137 cm³/mol. The molecule has 1 aliphatic heterocycles. The summed E-state index contributed by atoms with van der Waals surface area (Å²) >= 11 is 0. The van der Waals surface area contributed by atoms with Crippen LogP contribution in [0.25, 0.3) is 0 Å². The Hall–Kier alpha value is -3.96. The molecule has 0 bridgehead atoms. The van der Waals surface area contributed by atoms with E-state index in [0.717, 1.165) is 17.2 Å². The number of amides is 1. The van der Waals surface area contributed by atoms with Gasteiger partial charge in [-0.05, 0) is 61.4 Å². The number of non-ortho nitro benzene ring substituents is 1. The highest BCUT2D eigenvalue weighted by atomic mass is 32.2. The average molecular weight is 526 g/mol. The van der Waals surface area contributed by atoms with Crippen molar-refractivity contribution in [1.82, 2.24) is 9.21 Å². The second-order valence-corrected chi connectivity index (χ2v) is 10.6. The number of nitrogens with zero attached hydrogens (tertiary/aromatic N) is 3. The number of aryl methyl sites for hydroxylation is 2. The van der Waals surface area contributed by atoms with Crippen LogP contribution < -0.4 is 9.47 Å². The molecule has 1 aliphatic rings. The molecule has 0 saturated carbocycles. The van der Waals surface area contributed by atoms with E-state index < -0.39 is 14.9 Å². The van der Waals surface area contributed by atoms with Gasteiger partial charge in [0.25, 0.3) is 11.6 Å². The molecule has 0 aromatic heterocycles. The number of carbonyl (C=O) groups excluding carboxylic acids is 1. The van der Waals surface area contributed by atoms with Gasteiger partial charge in [0.05, 0.1) is 12.0 Å². The Kier molecular flexibility index (Phi) is 7.46. The van der Waals surface area contributed by atoms with Crippen LogP contribution in [0, 0.1) is 24.0 Å². The van der Waals surface area contributed by atoms with E-state index in [-0.39, 0.29) is 48.4 Å². The van der Waals surface area contributed by atoms with E-state index in [2.05, 4.69) is 0 Å². The minimum absolute atomic E-state index is 0.00367. The van der Waals surface area contributed by atoms with Crippen LogP contribution in [0.1, 0.15) is 21.5 Å². The van der Waals surface area contributed by atoms with Crippen molar-refractivity contribution in [2.24, 2.45) is 0 Å². The SMILES string of the molecule is COc1ccc(C(=O)N2CCN(S(=O)(=O)c3cc([N+](=O)[O-])ccc3Oc3cc(C)ccc3C)CC2)cc1. The first-order chi connectivity index (χ1) is 17.6. The number of sulfonamides is 1. The van der Waals surface area contributed by atoms with Gasteiger partial charge in [-0.1, -0.05) is 12.1 Å². The zero-order valence-electron chi connectivity index (χ0n) is 20.7. The predicted octanol–water partition coefficient (Wildman–Crippen LogP) is 4.16. The topological polar surface area (TPSA) is 119 Å². The highest BCUT2D eigenvalue weighted by Gasteiger charge is 2.34. The van der Waals surface area contributed by atoms with Crippen LogP contribution in [0.15, 0.2) is 65.6 Å². The summed E-state index contributed by atoms with van der Waals surface area (Å²) in [4.78, 5) is 24.9. The molecule has 1 fully saturated rings. The lowest BCUT2D eigenvalue weighted by Gasteiger charge is -2.34. The van der Waals surface area contributed by atoms with Gasteiger partial charge in [0.1, 0.15) is 22.1 Å². The number of benzene rings is 3. The number of methoxy groups -OCH3 is 1. The van der Waals surface area contributed by atoms with Crippen LogP contribution in [0.5, 0.6) is 17.2 Å². The Morgan fingerprint density at radius 1 is 0.919 bits per heavy atom. The molecule has 10 nitrogen and oxygen atoms in total. The Morgan fingerprint density at radius 3 is 2.22 bits per heavy atom. The molecule has 3 aromatic rings. The second kappa shape index (κ2) is 10.6. The Balaban J connectivity index is 1.58. The van der Waals surface area contributed by atoms with Gasteiger partial charge in [0, 0.05) is 43.9 Å². The molecule has 0 spiro atoms. The first-order valence-corrected chi connectivity index (χ1v) is 13.0. The number of nitro benzene ring substituents is 1. The minimum Gasteiger partial charge on any atom is -0.497 e. The minimum atomic E-state index is -4.17. The van der Waals surface area contributed by atoms with Crippen molar-refractivity contribution in [2.75, 3.05) is 33.3 Å². The third-order valence-corrected chi connectivity index (χ3v) is 8.10. The number of nitro groups is 1. The third kappa shape index (κ3) is 5.57. The lowest BCUT2D eigenvalue weighted by atomic mass is 10.1. The average Bonchev–Trinajstić information content (AvgIpc) is 2.90. The monoisotopic (exact) mass is 525 g/mol. The van der Waals surface area contributed by atoms with Crippen molar-refractivity contribution in [3.05, 3.63) is 87.5 Å². The van der Waals surface area contributed by atoms with Crippen LogP contribution in [-0.4, -0.2) is 61.7 Å². The van der Waals surface area contributed by atoms with Crippen molar-refractivity contribution in [3.63, 3.8) is 0 Å². The lowest BCUT2D eigenvalue weighted by molar-refractivity contribution is -0.385. The van der Waals surface area contributed by atoms with E-state index in [1.165, 1.54) is 23.5 Å². The second-order valence-electron chi connectivity index (χ2n) is 8.68. The molecule has 1 saturated heterocycles. The number of ether oxygens (including phenoxy) is 2. The molecule has 0 radical (unpaired) electrons. The summed E-state index contributed by atoms with van der Waals surface area (Å²) in [5.74, 6) is 0.869. The number of rotatable bonds is 7. The summed E-state index contributed by atoms with van der Waals surface area (Å²) in [6, 6.07) is 15.8. The molecule has 1 heterocycles. The van der Waals surface area contributed by atoms with Gasteiger partial charge in [-0.2, -0.15) is 4.31 Å². The van der Waals surface area contributed by atoms with Crippen molar-refractivity contribution in [3.8, 4) is 17.2 Å². The van der Waals surface area contributed by atoms with Gasteiger partial charge in [0.2, 0.25) is 10.0 Å². The van der Waals surface area contributed by atoms with Crippen LogP contribution in [-0.2, 0) is 10.0 Å². The summed E-state index contributed by atoms with van der Waals surface area (Å²) in [6.07, 6.45) is 0. The van der Waals surface area contributed by atoms with Gasteiger partial charge >= 0.3 is 0 Å². The van der Waals surface area contributed by atoms with Crippen LogP contribution in [0.3, 0.4) is 0 Å². The molecule has 4 rings (SSSR count). The van der Waals surface area contributed by atoms with E-state index in [9.17, 15) is 23.3 Å². The molecular formula is C26H27N3O7S. The summed E-state index contributed by atoms with van der Waals surface area (Å²) in [7, 11) is -2.63. The van der Waals surface area contributed by atoms with Crippen LogP contribution >= 0.6 is 0 Å². The van der Waals surface area contributed by atoms with Crippen molar-refractivity contribution < 1.29 is 27.6 Å². The molecule has 0 unspecified atom stereocenters. The molecule has 37 heavy (non-hydrogen) atoms. The van der Waals surface area contributed by atoms with Crippen LogP contribution in [0.2, 0.25) is 0 Å². The Bertz CT molecular complexity index is 1430. The fourth-order valence-electron chi connectivity index (χ4n) is 4.02. The molecular weight excluding hydrogens is 498 g/mol. The summed E-state index contributed by atoms with van der Waals surface area (Å²) < 4.78 is 39.6. The first-order valence-electron chi connectivity index (χ1n) is 11.6. The van der Waals surface area contributed by atoms with E-state index in [1.54, 1.807) is 35.2 Å². The largest absolute Gasteiger partial charge is 0.497 e. The molecule has 194 valence electrons. The Labute approximate surface area is 215 Å². The molecule has 3 aromatic carbocycles. The maximum atomic E-state index is 13.6. The van der Waals surface area contributed by atoms with Gasteiger partial charge in [-0.25, -0.2) is 8.42 Å². The lowest BCUT2D eigenvalue weighted by Crippen LogP contribution is -2.50. The number of hydrogen-bond donors (Lipinski definition) is 0. The highest BCUT2D eigenvalue weighted by molar-refractivity contribution is 7.89. The normalized spacial score (nSPS) is 14.3. The van der Waals surface area contributed by atoms with Gasteiger partial charge in [-0.15, -0.1) is 0 Å². The van der Waals surface area contributed by atoms with E-state index in [4.69, 9.17) is 9.47 Å². The molecule has 11 heteroatoms. The summed E-state index contributed by atoms with van der Waals surface area (Å²) in [5, 5.41) is 11.4. The highest BCUT2D eigenvalue weighted by Crippen LogP contribution is 2.35. The van der Waals surface area contributed by atoms with Gasteiger partial charge in [0.15, 0.2) is 0 Å². The fraction of sp³-hybridized carbons (Fsp3) is 0.269. The third-order valence-electron chi connectivity index (χ3n) is 6.18. The number of piperazine rings is 1. The van der Waals surface area contributed by atoms with E-state index in [0.29, 0.717) is 17.1 Å². The zero-order chi connectivity index (χ0) is 26.7. The van der Waals surface area contributed by atoms with Gasteiger partial charge in [-0.3, -0.25) is 14.9 Å². The first kappa shape index (κ1) is 26.1. The fourth-order valence-corrected chi connectivity index (χ4v) is 5.57. The zero-order valence-corrected chi connectivity index (χ0v) is 21.5. The standard InChI is InChI=1S/C26H27N3O7S/c1-18-4-5-19(2)24(16-18)36-23-11-8-21(29(31)32)17-25(23)37(33,34)28-14-12-27(13-15-28)26(30)20-6-9-22(35-3)10-7-20/h4-11,16-17H,12-15H2,1-3H3. The van der Waals surface area contributed by atoms with E-state index >= 15 is 0 Å². The number of hydrogen-bond acceptors (Lipinski definition) is 7. The van der Waals surface area contributed by atoms with E-state index in [1.807, 2.05) is 26.0 Å². The smallest absolute Gasteiger partial charge is 0.271 e. The summed E-state index contributed by atoms with van der Waals surface area (Å²) in [6.45, 7) is 4.13. The number of carbonyl (C=O) groups is 1. The quantitative estimate of drug-likeness (QED) is 0.336. The van der Waals surface area contributed by atoms with Crippen molar-refractivity contribution in [1.29, 1.82) is 0 Å². The Morgan fingerprint density at radius 2 is 1.59 bits per heavy atom. The maximum absolute atomic E-state index is 13.6. The molecule has 0 aliphatic carbocycles.